The molecule has 1 amide bonds. The highest BCUT2D eigenvalue weighted by molar-refractivity contribution is 6.30. The van der Waals surface area contributed by atoms with Crippen molar-refractivity contribution in [3.8, 4) is 22.4 Å². The van der Waals surface area contributed by atoms with Crippen LogP contribution in [0, 0.1) is 0 Å². The highest BCUT2D eigenvalue weighted by Crippen LogP contribution is 2.29. The van der Waals surface area contributed by atoms with Crippen LogP contribution in [0.5, 0.6) is 0 Å². The summed E-state index contributed by atoms with van der Waals surface area (Å²) in [6.07, 6.45) is 9.64. The number of amides is 1. The van der Waals surface area contributed by atoms with Gasteiger partial charge in [0, 0.05) is 59.2 Å². The Labute approximate surface area is 196 Å². The number of nitrogens with zero attached hydrogens (tertiary/aromatic N) is 4. The molecule has 5 aromatic rings. The summed E-state index contributed by atoms with van der Waals surface area (Å²) >= 11 is 5.95. The number of nitrogens with one attached hydrogen (secondary N) is 1. The molecule has 0 bridgehead atoms. The molecule has 164 valence electrons. The lowest BCUT2D eigenvalue weighted by Crippen LogP contribution is -2.18. The second kappa shape index (κ2) is 8.56. The van der Waals surface area contributed by atoms with E-state index in [2.05, 4.69) is 32.1 Å². The van der Waals surface area contributed by atoms with Crippen LogP contribution in [0.25, 0.3) is 27.9 Å². The summed E-state index contributed by atoms with van der Waals surface area (Å²) in [5.74, 6) is -0.359. The van der Waals surface area contributed by atoms with Crippen molar-refractivity contribution in [2.24, 2.45) is 7.05 Å². The molecule has 0 aliphatic heterocycles. The Morgan fingerprint density at radius 3 is 2.45 bits per heavy atom. The minimum Gasteiger partial charge on any atom is -0.326 e. The number of aryl methyl sites for hydroxylation is 1. The van der Waals surface area contributed by atoms with Gasteiger partial charge < -0.3 is 9.72 Å². The number of hydrogen-bond acceptors (Lipinski definition) is 3. The van der Waals surface area contributed by atoms with Crippen LogP contribution < -0.4 is 5.32 Å². The van der Waals surface area contributed by atoms with Gasteiger partial charge in [0.2, 0.25) is 5.91 Å². The van der Waals surface area contributed by atoms with E-state index in [1.54, 1.807) is 23.0 Å². The quantitative estimate of drug-likeness (QED) is 0.364. The number of anilines is 1. The van der Waals surface area contributed by atoms with Crippen molar-refractivity contribution < 1.29 is 4.79 Å². The highest BCUT2D eigenvalue weighted by Gasteiger charge is 2.16. The molecular weight excluding hydrogens is 434 g/mol. The number of carbonyl (C=O) groups excluding carboxylic acids is 1. The van der Waals surface area contributed by atoms with Crippen molar-refractivity contribution >= 4 is 28.7 Å². The molecule has 3 aromatic heterocycles. The largest absolute Gasteiger partial charge is 0.326 e. The standard InChI is InChI=1S/C26H22ClN5O/c1-17(18-3-7-22(27)8-4-18)26(33)30-23-9-5-19(6-10-23)25-24-13-20(16-32(24)12-11-28-25)21-14-29-31(2)15-21/h3-17H,1-2H3,(H,30,33)/t17-/m1/s1. The summed E-state index contributed by atoms with van der Waals surface area (Å²) in [4.78, 5) is 17.3. The van der Waals surface area contributed by atoms with Crippen LogP contribution in [0.1, 0.15) is 18.4 Å². The minimum atomic E-state index is -0.288. The topological polar surface area (TPSA) is 64.2 Å². The zero-order valence-corrected chi connectivity index (χ0v) is 19.0. The number of aromatic nitrogens is 4. The fraction of sp³-hybridized carbons (Fsp3) is 0.115. The van der Waals surface area contributed by atoms with Crippen LogP contribution >= 0.6 is 11.6 Å². The first kappa shape index (κ1) is 21.0. The lowest BCUT2D eigenvalue weighted by atomic mass is 10.0. The lowest BCUT2D eigenvalue weighted by Gasteiger charge is -2.13. The summed E-state index contributed by atoms with van der Waals surface area (Å²) in [5.41, 5.74) is 6.65. The monoisotopic (exact) mass is 455 g/mol. The van der Waals surface area contributed by atoms with Crippen LogP contribution in [-0.2, 0) is 11.8 Å². The van der Waals surface area contributed by atoms with E-state index in [9.17, 15) is 4.79 Å². The van der Waals surface area contributed by atoms with E-state index in [1.165, 1.54) is 0 Å². The van der Waals surface area contributed by atoms with E-state index in [4.69, 9.17) is 11.6 Å². The molecule has 0 fully saturated rings. The first-order valence-electron chi connectivity index (χ1n) is 10.6. The zero-order valence-electron chi connectivity index (χ0n) is 18.2. The predicted molar refractivity (Wildman–Crippen MR) is 131 cm³/mol. The van der Waals surface area contributed by atoms with Gasteiger partial charge in [-0.15, -0.1) is 0 Å². The Kier molecular flexibility index (Phi) is 5.44. The average molecular weight is 456 g/mol. The molecule has 3 heterocycles. The molecule has 0 aliphatic carbocycles. The molecule has 1 N–H and O–H groups in total. The van der Waals surface area contributed by atoms with E-state index < -0.39 is 0 Å². The fourth-order valence-corrected chi connectivity index (χ4v) is 3.98. The molecule has 7 heteroatoms. The highest BCUT2D eigenvalue weighted by atomic mass is 35.5. The molecule has 0 saturated carbocycles. The maximum Gasteiger partial charge on any atom is 0.231 e. The van der Waals surface area contributed by atoms with E-state index in [1.807, 2.05) is 69.0 Å². The number of hydrogen-bond donors (Lipinski definition) is 1. The van der Waals surface area contributed by atoms with Crippen LogP contribution in [-0.4, -0.2) is 25.1 Å². The van der Waals surface area contributed by atoms with E-state index >= 15 is 0 Å². The Hall–Kier alpha value is -3.90. The number of benzene rings is 2. The van der Waals surface area contributed by atoms with Crippen LogP contribution in [0.15, 0.2) is 85.6 Å². The molecule has 33 heavy (non-hydrogen) atoms. The first-order valence-corrected chi connectivity index (χ1v) is 11.0. The second-order valence-corrected chi connectivity index (χ2v) is 8.48. The third-order valence-corrected chi connectivity index (χ3v) is 6.00. The molecule has 0 saturated heterocycles. The molecule has 0 radical (unpaired) electrons. The molecule has 0 spiro atoms. The van der Waals surface area contributed by atoms with Crippen LogP contribution in [0.2, 0.25) is 5.02 Å². The van der Waals surface area contributed by atoms with Crippen molar-refractivity contribution in [2.45, 2.75) is 12.8 Å². The number of halogens is 1. The van der Waals surface area contributed by atoms with Gasteiger partial charge in [-0.3, -0.25) is 14.5 Å². The maximum absolute atomic E-state index is 12.7. The van der Waals surface area contributed by atoms with Crippen molar-refractivity contribution in [3.63, 3.8) is 0 Å². The molecular formula is C26H22ClN5O. The fourth-order valence-electron chi connectivity index (χ4n) is 3.85. The van der Waals surface area contributed by atoms with E-state index in [-0.39, 0.29) is 11.8 Å². The van der Waals surface area contributed by atoms with Gasteiger partial charge in [0.1, 0.15) is 0 Å². The lowest BCUT2D eigenvalue weighted by molar-refractivity contribution is -0.117. The molecule has 2 aromatic carbocycles. The third kappa shape index (κ3) is 4.25. The number of rotatable bonds is 5. The van der Waals surface area contributed by atoms with Gasteiger partial charge in [0.05, 0.1) is 23.3 Å². The predicted octanol–water partition coefficient (Wildman–Crippen LogP) is 5.80. The van der Waals surface area contributed by atoms with Crippen molar-refractivity contribution in [2.75, 3.05) is 5.32 Å². The SMILES string of the molecule is C[C@@H](C(=O)Nc1ccc(-c2nccn3cc(-c4cnn(C)c4)cc23)cc1)c1ccc(Cl)cc1. The molecule has 0 aliphatic rings. The summed E-state index contributed by atoms with van der Waals surface area (Å²) in [5, 5.41) is 7.91. The second-order valence-electron chi connectivity index (χ2n) is 8.04. The van der Waals surface area contributed by atoms with Crippen LogP contribution in [0.3, 0.4) is 0 Å². The number of carbonyl (C=O) groups is 1. The minimum absolute atomic E-state index is 0.0713. The van der Waals surface area contributed by atoms with Gasteiger partial charge in [-0.2, -0.15) is 5.10 Å². The molecule has 6 nitrogen and oxygen atoms in total. The van der Waals surface area contributed by atoms with Crippen molar-refractivity contribution in [3.05, 3.63) is 96.2 Å². The van der Waals surface area contributed by atoms with E-state index in [0.29, 0.717) is 5.02 Å². The first-order chi connectivity index (χ1) is 16.0. The number of fused-ring (bicyclic) bond motifs is 1. The van der Waals surface area contributed by atoms with Gasteiger partial charge in [0.15, 0.2) is 0 Å². The molecule has 0 unspecified atom stereocenters. The van der Waals surface area contributed by atoms with Crippen molar-refractivity contribution in [1.82, 2.24) is 19.2 Å². The Morgan fingerprint density at radius 1 is 1.00 bits per heavy atom. The summed E-state index contributed by atoms with van der Waals surface area (Å²) in [6, 6.07) is 17.2. The van der Waals surface area contributed by atoms with Gasteiger partial charge in [0.25, 0.3) is 0 Å². The Bertz CT molecular complexity index is 1430. The van der Waals surface area contributed by atoms with Crippen molar-refractivity contribution in [1.29, 1.82) is 0 Å². The summed E-state index contributed by atoms with van der Waals surface area (Å²) < 4.78 is 3.85. The average Bonchev–Trinajstić information content (AvgIpc) is 3.45. The van der Waals surface area contributed by atoms with Crippen LogP contribution in [0.4, 0.5) is 5.69 Å². The Morgan fingerprint density at radius 2 is 1.76 bits per heavy atom. The third-order valence-electron chi connectivity index (χ3n) is 5.75. The smallest absolute Gasteiger partial charge is 0.231 e. The normalized spacial score (nSPS) is 12.1. The molecule has 1 atom stereocenters. The Balaban J connectivity index is 1.37. The van der Waals surface area contributed by atoms with Gasteiger partial charge in [-0.25, -0.2) is 0 Å². The van der Waals surface area contributed by atoms with E-state index in [0.717, 1.165) is 39.2 Å². The summed E-state index contributed by atoms with van der Waals surface area (Å²) in [6.45, 7) is 1.88. The maximum atomic E-state index is 12.7. The zero-order chi connectivity index (χ0) is 22.9. The van der Waals surface area contributed by atoms with Gasteiger partial charge in [-0.05, 0) is 42.8 Å². The van der Waals surface area contributed by atoms with Gasteiger partial charge in [-0.1, -0.05) is 35.9 Å². The molecule has 5 rings (SSSR count). The summed E-state index contributed by atoms with van der Waals surface area (Å²) in [7, 11) is 1.91. The van der Waals surface area contributed by atoms with Gasteiger partial charge >= 0.3 is 0 Å².